The lowest BCUT2D eigenvalue weighted by Gasteiger charge is -2.29. The molecule has 2 unspecified atom stereocenters. The topological polar surface area (TPSA) is 103 Å². The maximum Gasteiger partial charge on any atom is 0.243 e. The Morgan fingerprint density at radius 1 is 0.740 bits per heavy atom. The first kappa shape index (κ1) is 42.4. The Balaban J connectivity index is 1.92. The predicted molar refractivity (Wildman–Crippen MR) is 216 cm³/mol. The Bertz CT molecular complexity index is 1310. The van der Waals surface area contributed by atoms with Gasteiger partial charge >= 0.3 is 0 Å². The summed E-state index contributed by atoms with van der Waals surface area (Å²) in [7, 11) is 0. The van der Waals surface area contributed by atoms with Gasteiger partial charge in [-0.2, -0.15) is 23.5 Å². The van der Waals surface area contributed by atoms with Crippen molar-refractivity contribution >= 4 is 52.0 Å². The first-order valence-corrected chi connectivity index (χ1v) is 21.7. The smallest absolute Gasteiger partial charge is 0.243 e. The van der Waals surface area contributed by atoms with E-state index in [0.29, 0.717) is 36.5 Å². The van der Waals surface area contributed by atoms with E-state index < -0.39 is 12.1 Å². The highest BCUT2D eigenvalue weighted by Crippen LogP contribution is 2.28. The molecular formula is C41H68N4O3S2. The fourth-order valence-electron chi connectivity index (χ4n) is 7.26. The van der Waals surface area contributed by atoms with Gasteiger partial charge in [0.1, 0.15) is 6.04 Å². The van der Waals surface area contributed by atoms with Gasteiger partial charge in [0.05, 0.1) is 12.1 Å². The molecule has 0 spiro atoms. The van der Waals surface area contributed by atoms with Gasteiger partial charge in [0.15, 0.2) is 5.78 Å². The van der Waals surface area contributed by atoms with Gasteiger partial charge < -0.3 is 20.9 Å². The van der Waals surface area contributed by atoms with Crippen LogP contribution in [0.15, 0.2) is 30.5 Å². The number of H-pyrrole nitrogens is 1. The SMILES string of the molecule is CC(C)CC1CCCCCCN[C@@H](CC(C)C)C(=O)N[C@@H](C(C)C)C(=O)N[C@@H](Cc2c[nH]c3ccccc23)C(=O)C(CC(C)C)CSCSC1. The number of thioether (sulfide) groups is 2. The van der Waals surface area contributed by atoms with Crippen molar-refractivity contribution in [3.63, 3.8) is 0 Å². The number of hydrogen-bond acceptors (Lipinski definition) is 6. The van der Waals surface area contributed by atoms with E-state index in [2.05, 4.69) is 68.5 Å². The van der Waals surface area contributed by atoms with Crippen LogP contribution in [-0.2, 0) is 20.8 Å². The molecule has 1 saturated heterocycles. The zero-order chi connectivity index (χ0) is 36.6. The Morgan fingerprint density at radius 2 is 1.42 bits per heavy atom. The number of aromatic nitrogens is 1. The standard InChI is InChI=1S/C41H68N4O3S2/c1-27(2)19-31-15-11-9-10-14-18-42-37(21-29(5)6)40(47)45-38(30(7)8)41(48)44-36(22-32-23-43-35-17-13-12-16-34(32)35)39(46)33(20-28(3)4)25-50-26-49-24-31/h12-13,16-17,23,27-31,33,36-38,42-43H,9-11,14-15,18-22,24-26H2,1-8H3,(H,44,48)(H,45,47)/t31?,33?,36-,37-,38-/m0/s1. The number of benzene rings is 1. The molecule has 4 N–H and O–H groups in total. The first-order chi connectivity index (χ1) is 23.8. The number of fused-ring (bicyclic) bond motifs is 1. The average Bonchev–Trinajstić information content (AvgIpc) is 3.45. The van der Waals surface area contributed by atoms with Gasteiger partial charge in [0.25, 0.3) is 0 Å². The van der Waals surface area contributed by atoms with Gasteiger partial charge in [-0.1, -0.05) is 92.9 Å². The zero-order valence-corrected chi connectivity index (χ0v) is 33.9. The molecule has 5 atom stereocenters. The fourth-order valence-corrected chi connectivity index (χ4v) is 9.72. The molecule has 1 aliphatic heterocycles. The number of nitrogens with one attached hydrogen (secondary N) is 4. The number of amides is 2. The molecule has 2 aromatic rings. The van der Waals surface area contributed by atoms with Crippen LogP contribution in [0.4, 0.5) is 0 Å². The third-order valence-electron chi connectivity index (χ3n) is 9.76. The third-order valence-corrected chi connectivity index (χ3v) is 12.4. The molecule has 0 radical (unpaired) electrons. The highest BCUT2D eigenvalue weighted by molar-refractivity contribution is 8.16. The summed E-state index contributed by atoms with van der Waals surface area (Å²) in [6.45, 7) is 17.9. The number of para-hydroxylation sites is 1. The van der Waals surface area contributed by atoms with Crippen LogP contribution in [0.3, 0.4) is 0 Å². The minimum atomic E-state index is -0.747. The van der Waals surface area contributed by atoms with E-state index >= 15 is 0 Å². The van der Waals surface area contributed by atoms with E-state index in [4.69, 9.17) is 0 Å². The van der Waals surface area contributed by atoms with Gasteiger partial charge in [0, 0.05) is 40.3 Å². The van der Waals surface area contributed by atoms with Crippen molar-refractivity contribution in [2.75, 3.05) is 23.1 Å². The van der Waals surface area contributed by atoms with Crippen LogP contribution in [-0.4, -0.2) is 63.8 Å². The zero-order valence-electron chi connectivity index (χ0n) is 32.3. The summed E-state index contributed by atoms with van der Waals surface area (Å²) in [5, 5.41) is 11.9. The molecule has 1 aromatic carbocycles. The molecule has 7 nitrogen and oxygen atoms in total. The summed E-state index contributed by atoms with van der Waals surface area (Å²) in [5.74, 6) is 3.32. The molecule has 9 heteroatoms. The maximum absolute atomic E-state index is 14.6. The van der Waals surface area contributed by atoms with Gasteiger partial charge in [-0.05, 0) is 85.6 Å². The van der Waals surface area contributed by atoms with Gasteiger partial charge in [-0.3, -0.25) is 14.4 Å². The Hall–Kier alpha value is -1.97. The van der Waals surface area contributed by atoms with E-state index in [1.807, 2.05) is 61.8 Å². The molecule has 1 aliphatic rings. The molecule has 2 amide bonds. The van der Waals surface area contributed by atoms with Crippen LogP contribution in [0.1, 0.15) is 112 Å². The normalized spacial score (nSPS) is 25.1. The van der Waals surface area contributed by atoms with Crippen LogP contribution in [0, 0.1) is 35.5 Å². The Kier molecular flexibility index (Phi) is 18.8. The first-order valence-electron chi connectivity index (χ1n) is 19.4. The van der Waals surface area contributed by atoms with E-state index in [9.17, 15) is 14.4 Å². The van der Waals surface area contributed by atoms with Crippen LogP contribution in [0.2, 0.25) is 0 Å². The molecule has 50 heavy (non-hydrogen) atoms. The number of carbonyl (C=O) groups excluding carboxylic acids is 3. The predicted octanol–water partition coefficient (Wildman–Crippen LogP) is 8.62. The van der Waals surface area contributed by atoms with Crippen molar-refractivity contribution in [2.45, 2.75) is 131 Å². The highest BCUT2D eigenvalue weighted by Gasteiger charge is 2.34. The van der Waals surface area contributed by atoms with Crippen molar-refractivity contribution in [3.8, 4) is 0 Å². The average molecular weight is 729 g/mol. The van der Waals surface area contributed by atoms with Crippen molar-refractivity contribution in [2.24, 2.45) is 35.5 Å². The third kappa shape index (κ3) is 14.6. The highest BCUT2D eigenvalue weighted by atomic mass is 32.2. The van der Waals surface area contributed by atoms with E-state index in [1.165, 1.54) is 25.7 Å². The molecule has 282 valence electrons. The number of hydrogen-bond donors (Lipinski definition) is 4. The van der Waals surface area contributed by atoms with Gasteiger partial charge in [-0.15, -0.1) is 0 Å². The lowest BCUT2D eigenvalue weighted by Crippen LogP contribution is -2.58. The Labute approximate surface area is 312 Å². The largest absolute Gasteiger partial charge is 0.361 e. The second-order valence-electron chi connectivity index (χ2n) is 16.3. The van der Waals surface area contributed by atoms with Crippen molar-refractivity contribution in [1.82, 2.24) is 20.9 Å². The van der Waals surface area contributed by atoms with Gasteiger partial charge in [0.2, 0.25) is 11.8 Å². The number of aromatic amines is 1. The second-order valence-corrected chi connectivity index (χ2v) is 18.7. The van der Waals surface area contributed by atoms with Crippen molar-refractivity contribution in [1.29, 1.82) is 0 Å². The molecule has 0 saturated carbocycles. The Morgan fingerprint density at radius 3 is 2.12 bits per heavy atom. The summed E-state index contributed by atoms with van der Waals surface area (Å²) < 4.78 is 0. The van der Waals surface area contributed by atoms with Crippen LogP contribution < -0.4 is 16.0 Å². The van der Waals surface area contributed by atoms with Crippen LogP contribution in [0.25, 0.3) is 10.9 Å². The monoisotopic (exact) mass is 728 g/mol. The van der Waals surface area contributed by atoms with Gasteiger partial charge in [-0.25, -0.2) is 0 Å². The minimum absolute atomic E-state index is 0.0860. The summed E-state index contributed by atoms with van der Waals surface area (Å²) in [5.41, 5.74) is 2.02. The van der Waals surface area contributed by atoms with Crippen LogP contribution >= 0.6 is 23.5 Å². The molecular weight excluding hydrogens is 661 g/mol. The maximum atomic E-state index is 14.6. The lowest BCUT2D eigenvalue weighted by atomic mass is 9.88. The summed E-state index contributed by atoms with van der Waals surface area (Å²) in [6.07, 6.45) is 11.0. The number of ketones is 1. The molecule has 2 heterocycles. The summed E-state index contributed by atoms with van der Waals surface area (Å²) in [4.78, 5) is 45.8. The lowest BCUT2D eigenvalue weighted by molar-refractivity contribution is -0.134. The fraction of sp³-hybridized carbons (Fsp3) is 0.732. The molecule has 1 fully saturated rings. The summed E-state index contributed by atoms with van der Waals surface area (Å²) in [6, 6.07) is 6.28. The molecule has 1 aromatic heterocycles. The van der Waals surface area contributed by atoms with Crippen LogP contribution in [0.5, 0.6) is 0 Å². The minimum Gasteiger partial charge on any atom is -0.361 e. The molecule has 0 bridgehead atoms. The number of rotatable bonds is 9. The summed E-state index contributed by atoms with van der Waals surface area (Å²) >= 11 is 3.89. The number of Topliss-reactive ketones (excluding diaryl/α,β-unsaturated/α-hetero) is 1. The van der Waals surface area contributed by atoms with E-state index in [0.717, 1.165) is 58.9 Å². The molecule has 3 rings (SSSR count). The van der Waals surface area contributed by atoms with Crippen molar-refractivity contribution in [3.05, 3.63) is 36.0 Å². The van der Waals surface area contributed by atoms with E-state index in [-0.39, 0.29) is 35.5 Å². The number of carbonyl (C=O) groups is 3. The van der Waals surface area contributed by atoms with Crippen molar-refractivity contribution < 1.29 is 14.4 Å². The quantitative estimate of drug-likeness (QED) is 0.206. The molecule has 0 aliphatic carbocycles. The second kappa shape index (κ2) is 22.2. The van der Waals surface area contributed by atoms with E-state index in [1.54, 1.807) is 0 Å².